The number of nitrogens with one attached hydrogen (secondary N) is 4. The number of aryl methyl sites for hydroxylation is 1. The summed E-state index contributed by atoms with van der Waals surface area (Å²) in [5.74, 6) is -2.32. The van der Waals surface area contributed by atoms with Crippen LogP contribution in [-0.4, -0.2) is 64.5 Å². The molecule has 0 saturated carbocycles. The lowest BCUT2D eigenvalue weighted by Crippen LogP contribution is -2.62. The Hall–Kier alpha value is -2.98. The second kappa shape index (κ2) is 13.9. The number of aliphatic hydroxyl groups is 1. The molecule has 4 bridgehead atoms. The average molecular weight is 544 g/mol. The molecule has 3 rings (SSSR count). The number of benzene rings is 1. The van der Waals surface area contributed by atoms with Gasteiger partial charge < -0.3 is 21.1 Å². The largest absolute Gasteiger partial charge is 0.392 e. The fraction of sp³-hybridized carbons (Fsp3) is 0.655. The molecule has 0 aliphatic carbocycles. The van der Waals surface area contributed by atoms with Gasteiger partial charge >= 0.3 is 0 Å². The van der Waals surface area contributed by atoms with Gasteiger partial charge in [-0.15, -0.1) is 0 Å². The highest BCUT2D eigenvalue weighted by Gasteiger charge is 2.34. The van der Waals surface area contributed by atoms with E-state index in [2.05, 4.69) is 27.4 Å². The standard InChI is InChI=1S/C29H45N5O5/c1-17(2)25-28(38)31-20(5)29(39)34-15-9-13-23(33-34)27(37)30-19(4)22-12-8-11-21(16-22)10-6-7-14-24(35)18(3)26(36)32-25/h8,11-12,16-20,23-25,33,35H,6-7,9-10,13-15H2,1-5H3,(H,30,37)(H,31,38)(H,32,36)/t18-,19-,20+,23+,24-,25+/m1/s1. The van der Waals surface area contributed by atoms with E-state index in [9.17, 15) is 24.3 Å². The minimum atomic E-state index is -0.868. The first-order valence-electron chi connectivity index (χ1n) is 14.2. The van der Waals surface area contributed by atoms with Crippen molar-refractivity contribution in [1.82, 2.24) is 26.4 Å². The summed E-state index contributed by atoms with van der Waals surface area (Å²) < 4.78 is 0. The molecule has 1 aromatic carbocycles. The summed E-state index contributed by atoms with van der Waals surface area (Å²) in [4.78, 5) is 52.3. The zero-order valence-electron chi connectivity index (χ0n) is 23.8. The minimum Gasteiger partial charge on any atom is -0.392 e. The molecular formula is C29H45N5O5. The van der Waals surface area contributed by atoms with Crippen molar-refractivity contribution in [3.63, 3.8) is 0 Å². The SMILES string of the molecule is CC(C)[C@@H]1NC(=O)[C@H](C)[C@H](O)CCCCc2cccc(c2)[C@@H](C)NC(=O)[C@@H]2CCCN(N2)C(=O)[C@H](C)NC1=O. The van der Waals surface area contributed by atoms with Crippen LogP contribution in [0.4, 0.5) is 0 Å². The molecule has 6 atom stereocenters. The third kappa shape index (κ3) is 8.25. The Bertz CT molecular complexity index is 1030. The topological polar surface area (TPSA) is 140 Å². The average Bonchev–Trinajstić information content (AvgIpc) is 2.92. The van der Waals surface area contributed by atoms with E-state index in [4.69, 9.17) is 0 Å². The van der Waals surface area contributed by atoms with Crippen LogP contribution in [0.2, 0.25) is 0 Å². The maximum absolute atomic E-state index is 13.2. The van der Waals surface area contributed by atoms with Crippen LogP contribution in [0.5, 0.6) is 0 Å². The number of carbonyl (C=O) groups is 4. The van der Waals surface area contributed by atoms with Crippen LogP contribution in [0.3, 0.4) is 0 Å². The molecule has 1 fully saturated rings. The Morgan fingerprint density at radius 1 is 0.872 bits per heavy atom. The quantitative estimate of drug-likeness (QED) is 0.366. The third-order valence-electron chi connectivity index (χ3n) is 7.76. The van der Waals surface area contributed by atoms with Gasteiger partial charge in [-0.1, -0.05) is 51.5 Å². The Labute approximate surface area is 231 Å². The lowest BCUT2D eigenvalue weighted by Gasteiger charge is -2.35. The number of rotatable bonds is 1. The van der Waals surface area contributed by atoms with E-state index in [0.717, 1.165) is 30.4 Å². The van der Waals surface area contributed by atoms with Gasteiger partial charge in [0, 0.05) is 6.54 Å². The highest BCUT2D eigenvalue weighted by molar-refractivity contribution is 5.92. The van der Waals surface area contributed by atoms with Gasteiger partial charge in [-0.25, -0.2) is 5.43 Å². The predicted molar refractivity (Wildman–Crippen MR) is 148 cm³/mol. The fourth-order valence-electron chi connectivity index (χ4n) is 5.08. The van der Waals surface area contributed by atoms with Gasteiger partial charge in [-0.05, 0) is 63.0 Å². The van der Waals surface area contributed by atoms with Crippen molar-refractivity contribution in [2.45, 2.75) is 103 Å². The first-order valence-corrected chi connectivity index (χ1v) is 14.2. The van der Waals surface area contributed by atoms with E-state index in [1.165, 1.54) is 5.01 Å². The van der Waals surface area contributed by atoms with Crippen molar-refractivity contribution in [3.8, 4) is 0 Å². The Kier molecular flexibility index (Phi) is 10.9. The van der Waals surface area contributed by atoms with Crippen LogP contribution in [0.25, 0.3) is 0 Å². The van der Waals surface area contributed by atoms with E-state index in [1.807, 2.05) is 39.0 Å². The number of hydrogen-bond donors (Lipinski definition) is 5. The van der Waals surface area contributed by atoms with Crippen molar-refractivity contribution >= 4 is 23.6 Å². The molecule has 2 aliphatic rings. The normalized spacial score (nSPS) is 30.5. The van der Waals surface area contributed by atoms with Crippen molar-refractivity contribution < 1.29 is 24.3 Å². The number of aliphatic hydroxyl groups excluding tert-OH is 1. The Morgan fingerprint density at radius 3 is 2.31 bits per heavy atom. The van der Waals surface area contributed by atoms with Crippen LogP contribution in [-0.2, 0) is 25.6 Å². The molecule has 0 radical (unpaired) electrons. The molecule has 39 heavy (non-hydrogen) atoms. The Balaban J connectivity index is 1.82. The monoisotopic (exact) mass is 543 g/mol. The molecule has 5 N–H and O–H groups in total. The van der Waals surface area contributed by atoms with Crippen LogP contribution < -0.4 is 21.4 Å². The summed E-state index contributed by atoms with van der Waals surface area (Å²) in [6, 6.07) is 5.59. The number of carbonyl (C=O) groups excluding carboxylic acids is 4. The van der Waals surface area contributed by atoms with Gasteiger partial charge in [-0.2, -0.15) is 0 Å². The molecule has 2 heterocycles. The third-order valence-corrected chi connectivity index (χ3v) is 7.76. The van der Waals surface area contributed by atoms with Gasteiger partial charge in [0.15, 0.2) is 0 Å². The molecule has 0 aromatic heterocycles. The summed E-state index contributed by atoms with van der Waals surface area (Å²) in [5, 5.41) is 20.6. The van der Waals surface area contributed by atoms with E-state index in [-0.39, 0.29) is 23.8 Å². The summed E-state index contributed by atoms with van der Waals surface area (Å²) in [6.07, 6.45) is 3.28. The van der Waals surface area contributed by atoms with Gasteiger partial charge in [0.05, 0.1) is 18.1 Å². The van der Waals surface area contributed by atoms with Gasteiger partial charge in [-0.3, -0.25) is 24.2 Å². The molecular weight excluding hydrogens is 498 g/mol. The zero-order chi connectivity index (χ0) is 28.7. The molecule has 216 valence electrons. The van der Waals surface area contributed by atoms with E-state index in [0.29, 0.717) is 25.8 Å². The second-order valence-electron chi connectivity index (χ2n) is 11.4. The minimum absolute atomic E-state index is 0.185. The van der Waals surface area contributed by atoms with Gasteiger partial charge in [0.2, 0.25) is 17.7 Å². The van der Waals surface area contributed by atoms with Crippen molar-refractivity contribution in [2.75, 3.05) is 6.54 Å². The van der Waals surface area contributed by atoms with Gasteiger partial charge in [0.25, 0.3) is 5.91 Å². The summed E-state index contributed by atoms with van der Waals surface area (Å²) >= 11 is 0. The maximum Gasteiger partial charge on any atom is 0.258 e. The highest BCUT2D eigenvalue weighted by Crippen LogP contribution is 2.19. The molecule has 1 saturated heterocycles. The summed E-state index contributed by atoms with van der Waals surface area (Å²) in [7, 11) is 0. The number of amides is 4. The lowest BCUT2D eigenvalue weighted by molar-refractivity contribution is -0.143. The highest BCUT2D eigenvalue weighted by atomic mass is 16.3. The van der Waals surface area contributed by atoms with Gasteiger partial charge in [0.1, 0.15) is 18.1 Å². The van der Waals surface area contributed by atoms with Crippen LogP contribution in [0.1, 0.15) is 83.9 Å². The van der Waals surface area contributed by atoms with Crippen LogP contribution in [0, 0.1) is 11.8 Å². The lowest BCUT2D eigenvalue weighted by atomic mass is 9.95. The summed E-state index contributed by atoms with van der Waals surface area (Å²) in [6.45, 7) is 9.23. The number of hydrogen-bond acceptors (Lipinski definition) is 6. The predicted octanol–water partition coefficient (Wildman–Crippen LogP) is 1.73. The Morgan fingerprint density at radius 2 is 1.59 bits per heavy atom. The number of fused-ring (bicyclic) bond motifs is 4. The molecule has 4 amide bonds. The smallest absolute Gasteiger partial charge is 0.258 e. The second-order valence-corrected chi connectivity index (χ2v) is 11.4. The first kappa shape index (κ1) is 30.6. The molecule has 0 spiro atoms. The molecule has 10 heteroatoms. The molecule has 2 aliphatic heterocycles. The zero-order valence-corrected chi connectivity index (χ0v) is 23.8. The van der Waals surface area contributed by atoms with E-state index in [1.54, 1.807) is 13.8 Å². The van der Waals surface area contributed by atoms with Crippen LogP contribution in [0.15, 0.2) is 24.3 Å². The summed E-state index contributed by atoms with van der Waals surface area (Å²) in [5.41, 5.74) is 5.17. The molecule has 1 aromatic rings. The number of hydrazine groups is 1. The molecule has 0 unspecified atom stereocenters. The van der Waals surface area contributed by atoms with Crippen LogP contribution >= 0.6 is 0 Å². The molecule has 10 nitrogen and oxygen atoms in total. The van der Waals surface area contributed by atoms with E-state index >= 15 is 0 Å². The van der Waals surface area contributed by atoms with Crippen molar-refractivity contribution in [2.24, 2.45) is 11.8 Å². The maximum atomic E-state index is 13.2. The first-order chi connectivity index (χ1) is 18.5. The van der Waals surface area contributed by atoms with E-state index < -0.39 is 42.0 Å². The van der Waals surface area contributed by atoms with Crippen molar-refractivity contribution in [3.05, 3.63) is 35.4 Å². The van der Waals surface area contributed by atoms with Crippen molar-refractivity contribution in [1.29, 1.82) is 0 Å². The fourth-order valence-corrected chi connectivity index (χ4v) is 5.08. The number of nitrogens with zero attached hydrogens (tertiary/aromatic N) is 1.